The van der Waals surface area contributed by atoms with Crippen LogP contribution in [0.2, 0.25) is 5.02 Å². The summed E-state index contributed by atoms with van der Waals surface area (Å²) >= 11 is 6.00. The predicted molar refractivity (Wildman–Crippen MR) is 102 cm³/mol. The second kappa shape index (κ2) is 6.65. The number of hydrogen-bond acceptors (Lipinski definition) is 4. The first-order valence-electron chi connectivity index (χ1n) is 8.14. The second-order valence-electron chi connectivity index (χ2n) is 5.95. The van der Waals surface area contributed by atoms with Crippen molar-refractivity contribution in [3.8, 4) is 0 Å². The fraction of sp³-hybridized carbons (Fsp3) is 0.105. The third kappa shape index (κ3) is 3.19. The fourth-order valence-electron chi connectivity index (χ4n) is 2.89. The normalized spacial score (nSPS) is 15.6. The average molecular weight is 366 g/mol. The highest BCUT2D eigenvalue weighted by atomic mass is 35.5. The Bertz CT molecular complexity index is 979. The number of hydrogen-bond donors (Lipinski definition) is 2. The summed E-state index contributed by atoms with van der Waals surface area (Å²) in [7, 11) is 0. The number of amides is 1. The van der Waals surface area contributed by atoms with Crippen molar-refractivity contribution >= 4 is 35.1 Å². The molecule has 1 aliphatic heterocycles. The Hall–Kier alpha value is -3.12. The number of fused-ring (bicyclic) bond motifs is 1. The minimum absolute atomic E-state index is 0.145. The number of anilines is 2. The van der Waals surface area contributed by atoms with E-state index in [2.05, 4.69) is 26.8 Å². The molecular weight excluding hydrogens is 350 g/mol. The Balaban J connectivity index is 1.79. The van der Waals surface area contributed by atoms with Gasteiger partial charge in [0.25, 0.3) is 5.95 Å². The molecule has 1 aromatic heterocycles. The molecule has 3 aromatic rings. The zero-order valence-electron chi connectivity index (χ0n) is 14.0. The Labute approximate surface area is 155 Å². The third-order valence-electron chi connectivity index (χ3n) is 4.05. The molecule has 7 heteroatoms. The second-order valence-corrected chi connectivity index (χ2v) is 6.39. The molecule has 0 radical (unpaired) electrons. The van der Waals surface area contributed by atoms with Gasteiger partial charge in [0.2, 0.25) is 11.9 Å². The van der Waals surface area contributed by atoms with E-state index in [1.54, 1.807) is 4.68 Å². The lowest BCUT2D eigenvalue weighted by Gasteiger charge is -2.24. The number of carbonyl (C=O) groups excluding carboxylic acids is 1. The van der Waals surface area contributed by atoms with Crippen LogP contribution < -0.4 is 10.6 Å². The van der Waals surface area contributed by atoms with Crippen molar-refractivity contribution < 1.29 is 4.79 Å². The van der Waals surface area contributed by atoms with Crippen LogP contribution in [-0.2, 0) is 4.79 Å². The van der Waals surface area contributed by atoms with Crippen LogP contribution in [-0.4, -0.2) is 20.7 Å². The molecule has 0 saturated carbocycles. The molecule has 1 aliphatic rings. The van der Waals surface area contributed by atoms with Gasteiger partial charge in [0.05, 0.1) is 0 Å². The molecule has 130 valence electrons. The highest BCUT2D eigenvalue weighted by Gasteiger charge is 2.25. The van der Waals surface area contributed by atoms with Crippen LogP contribution in [0.5, 0.6) is 0 Å². The Morgan fingerprint density at radius 3 is 2.58 bits per heavy atom. The van der Waals surface area contributed by atoms with Gasteiger partial charge in [-0.1, -0.05) is 54.1 Å². The quantitative estimate of drug-likeness (QED) is 0.737. The molecule has 1 atom stereocenters. The largest absolute Gasteiger partial charge is 0.324 e. The van der Waals surface area contributed by atoms with E-state index in [-0.39, 0.29) is 17.9 Å². The molecule has 2 heterocycles. The molecule has 0 unspecified atom stereocenters. The van der Waals surface area contributed by atoms with Crippen molar-refractivity contribution in [2.75, 3.05) is 10.6 Å². The molecule has 26 heavy (non-hydrogen) atoms. The van der Waals surface area contributed by atoms with E-state index in [0.717, 1.165) is 16.8 Å². The van der Waals surface area contributed by atoms with Crippen molar-refractivity contribution in [2.45, 2.75) is 13.0 Å². The minimum atomic E-state index is -0.213. The molecule has 2 aromatic carbocycles. The number of nitrogens with zero attached hydrogens (tertiary/aromatic N) is 3. The van der Waals surface area contributed by atoms with Crippen LogP contribution in [0.1, 0.15) is 24.1 Å². The molecule has 0 saturated heterocycles. The lowest BCUT2D eigenvalue weighted by atomic mass is 10.0. The zero-order valence-corrected chi connectivity index (χ0v) is 14.7. The van der Waals surface area contributed by atoms with Gasteiger partial charge in [0.1, 0.15) is 6.04 Å². The van der Waals surface area contributed by atoms with Gasteiger partial charge in [-0.05, 0) is 29.3 Å². The van der Waals surface area contributed by atoms with Crippen molar-refractivity contribution in [1.82, 2.24) is 14.8 Å². The van der Waals surface area contributed by atoms with Gasteiger partial charge in [-0.3, -0.25) is 10.1 Å². The third-order valence-corrected chi connectivity index (χ3v) is 4.30. The first-order valence-corrected chi connectivity index (χ1v) is 8.52. The molecule has 0 bridgehead atoms. The van der Waals surface area contributed by atoms with E-state index >= 15 is 0 Å². The van der Waals surface area contributed by atoms with Crippen LogP contribution in [0.15, 0.2) is 60.7 Å². The Morgan fingerprint density at radius 1 is 1.15 bits per heavy atom. The summed E-state index contributed by atoms with van der Waals surface area (Å²) in [6, 6.07) is 17.5. The topological polar surface area (TPSA) is 71.8 Å². The summed E-state index contributed by atoms with van der Waals surface area (Å²) in [6.07, 6.45) is 2.08. The lowest BCUT2D eigenvalue weighted by molar-refractivity contribution is -0.114. The van der Waals surface area contributed by atoms with Gasteiger partial charge in [-0.2, -0.15) is 4.98 Å². The number of rotatable bonds is 3. The SMILES string of the molecule is CC(=O)Nc1nc2n(n1)[C@H](c1ccccc1)C=C(c1ccc(Cl)cc1)N2. The van der Waals surface area contributed by atoms with Gasteiger partial charge in [0.15, 0.2) is 0 Å². The van der Waals surface area contributed by atoms with Crippen LogP contribution in [0.25, 0.3) is 5.70 Å². The first kappa shape index (κ1) is 16.4. The lowest BCUT2D eigenvalue weighted by Crippen LogP contribution is -2.20. The van der Waals surface area contributed by atoms with Crippen LogP contribution in [0, 0.1) is 0 Å². The maximum Gasteiger partial charge on any atom is 0.250 e. The summed E-state index contributed by atoms with van der Waals surface area (Å²) < 4.78 is 1.76. The molecule has 0 fully saturated rings. The van der Waals surface area contributed by atoms with E-state index < -0.39 is 0 Å². The predicted octanol–water partition coefficient (Wildman–Crippen LogP) is 3.95. The summed E-state index contributed by atoms with van der Waals surface area (Å²) in [6.45, 7) is 1.43. The number of halogens is 1. The zero-order chi connectivity index (χ0) is 18.1. The number of allylic oxidation sites excluding steroid dienone is 1. The smallest absolute Gasteiger partial charge is 0.250 e. The first-order chi connectivity index (χ1) is 12.6. The number of carbonyl (C=O) groups is 1. The maximum absolute atomic E-state index is 11.3. The van der Waals surface area contributed by atoms with Gasteiger partial charge in [-0.15, -0.1) is 5.10 Å². The summed E-state index contributed by atoms with van der Waals surface area (Å²) in [5.41, 5.74) is 2.97. The van der Waals surface area contributed by atoms with Gasteiger partial charge >= 0.3 is 0 Å². The molecule has 2 N–H and O–H groups in total. The summed E-state index contributed by atoms with van der Waals surface area (Å²) in [5.74, 6) is 0.622. The molecule has 6 nitrogen and oxygen atoms in total. The van der Waals surface area contributed by atoms with E-state index in [1.165, 1.54) is 6.92 Å². The van der Waals surface area contributed by atoms with Crippen molar-refractivity contribution in [2.24, 2.45) is 0 Å². The van der Waals surface area contributed by atoms with Crippen LogP contribution in [0.3, 0.4) is 0 Å². The minimum Gasteiger partial charge on any atom is -0.324 e. The fourth-order valence-corrected chi connectivity index (χ4v) is 3.01. The van der Waals surface area contributed by atoms with E-state index in [4.69, 9.17) is 11.6 Å². The molecule has 1 amide bonds. The molecular formula is C19H16ClN5O. The number of aromatic nitrogens is 3. The van der Waals surface area contributed by atoms with Crippen molar-refractivity contribution in [1.29, 1.82) is 0 Å². The van der Waals surface area contributed by atoms with Gasteiger partial charge in [-0.25, -0.2) is 4.68 Å². The highest BCUT2D eigenvalue weighted by molar-refractivity contribution is 6.30. The van der Waals surface area contributed by atoms with Gasteiger partial charge < -0.3 is 5.32 Å². The van der Waals surface area contributed by atoms with E-state index in [9.17, 15) is 4.79 Å². The highest BCUT2D eigenvalue weighted by Crippen LogP contribution is 2.33. The Morgan fingerprint density at radius 2 is 1.88 bits per heavy atom. The molecule has 0 spiro atoms. The monoisotopic (exact) mass is 365 g/mol. The number of nitrogens with one attached hydrogen (secondary N) is 2. The van der Waals surface area contributed by atoms with Crippen LogP contribution >= 0.6 is 11.6 Å². The summed E-state index contributed by atoms with van der Waals surface area (Å²) in [4.78, 5) is 15.8. The number of benzene rings is 2. The van der Waals surface area contributed by atoms with Crippen molar-refractivity contribution in [3.05, 3.63) is 76.8 Å². The molecule has 0 aliphatic carbocycles. The Kier molecular flexibility index (Phi) is 4.18. The van der Waals surface area contributed by atoms with Crippen molar-refractivity contribution in [3.63, 3.8) is 0 Å². The maximum atomic E-state index is 11.3. The average Bonchev–Trinajstić information content (AvgIpc) is 3.03. The van der Waals surface area contributed by atoms with Crippen LogP contribution in [0.4, 0.5) is 11.9 Å². The molecule has 4 rings (SSSR count). The summed E-state index contributed by atoms with van der Waals surface area (Å²) in [5, 5.41) is 11.0. The van der Waals surface area contributed by atoms with E-state index in [1.807, 2.05) is 54.6 Å². The standard InChI is InChI=1S/C19H16ClN5O/c1-12(26)21-18-23-19-22-16(13-7-9-15(20)10-8-13)11-17(25(19)24-18)14-5-3-2-4-6-14/h2-11,17H,1H3,(H2,21,22,23,24,26)/t17-/m0/s1. The van der Waals surface area contributed by atoms with E-state index in [0.29, 0.717) is 11.0 Å². The van der Waals surface area contributed by atoms with Gasteiger partial charge in [0, 0.05) is 17.6 Å².